The first kappa shape index (κ1) is 11.9. The van der Waals surface area contributed by atoms with Crippen LogP contribution < -0.4 is 11.1 Å². The van der Waals surface area contributed by atoms with E-state index in [1.165, 1.54) is 11.3 Å². The number of nitrogens with zero attached hydrogens (tertiary/aromatic N) is 1. The Hall–Kier alpha value is -1.59. The summed E-state index contributed by atoms with van der Waals surface area (Å²) >= 11 is 7.16. The van der Waals surface area contributed by atoms with Gasteiger partial charge in [-0.2, -0.15) is 0 Å². The van der Waals surface area contributed by atoms with Crippen molar-refractivity contribution in [3.8, 4) is 0 Å². The normalized spacial score (nSPS) is 12.1. The minimum absolute atomic E-state index is 0.441. The highest BCUT2D eigenvalue weighted by molar-refractivity contribution is 7.09. The van der Waals surface area contributed by atoms with Gasteiger partial charge in [-0.25, -0.2) is 0 Å². The van der Waals surface area contributed by atoms with Crippen molar-refractivity contribution in [2.24, 2.45) is 5.73 Å². The lowest BCUT2D eigenvalue weighted by atomic mass is 10.2. The van der Waals surface area contributed by atoms with Gasteiger partial charge in [0, 0.05) is 16.9 Å². The quantitative estimate of drug-likeness (QED) is 0.894. The van der Waals surface area contributed by atoms with Gasteiger partial charge in [0.2, 0.25) is 5.91 Å². The Labute approximate surface area is 107 Å². The highest BCUT2D eigenvalue weighted by Crippen LogP contribution is 2.23. The van der Waals surface area contributed by atoms with E-state index in [1.807, 2.05) is 0 Å². The summed E-state index contributed by atoms with van der Waals surface area (Å²) in [6.45, 7) is 0. The molecule has 0 fully saturated rings. The molecule has 0 radical (unpaired) electrons. The third-order valence-corrected chi connectivity index (χ3v) is 3.27. The Balaban J connectivity index is 2.19. The highest BCUT2D eigenvalue weighted by Gasteiger charge is 2.18. The van der Waals surface area contributed by atoms with Crippen molar-refractivity contribution in [2.75, 3.05) is 5.32 Å². The van der Waals surface area contributed by atoms with Gasteiger partial charge in [0.05, 0.1) is 10.4 Å². The third-order valence-electron chi connectivity index (χ3n) is 2.18. The van der Waals surface area contributed by atoms with Gasteiger partial charge >= 0.3 is 0 Å². The number of halogens is 1. The first-order valence-corrected chi connectivity index (χ1v) is 6.12. The van der Waals surface area contributed by atoms with Gasteiger partial charge < -0.3 is 11.1 Å². The van der Waals surface area contributed by atoms with E-state index in [1.54, 1.807) is 36.0 Å². The maximum atomic E-state index is 11.4. The second-order valence-corrected chi connectivity index (χ2v) is 4.74. The fourth-order valence-electron chi connectivity index (χ4n) is 1.36. The van der Waals surface area contributed by atoms with Crippen LogP contribution in [0, 0.1) is 0 Å². The van der Waals surface area contributed by atoms with Gasteiger partial charge in [-0.15, -0.1) is 11.3 Å². The fourth-order valence-corrected chi connectivity index (χ4v) is 2.17. The molecule has 0 aliphatic rings. The topological polar surface area (TPSA) is 68.0 Å². The SMILES string of the molecule is NC(=O)C(Nc1ccc(Cl)cc1)c1cncs1. The number of carbonyl (C=O) groups is 1. The molecule has 1 atom stereocenters. The molecule has 88 valence electrons. The van der Waals surface area contributed by atoms with Gasteiger partial charge in [0.1, 0.15) is 6.04 Å². The number of anilines is 1. The first-order valence-electron chi connectivity index (χ1n) is 4.86. The van der Waals surface area contributed by atoms with Crippen LogP contribution in [-0.4, -0.2) is 10.9 Å². The molecule has 0 saturated heterocycles. The number of nitrogens with one attached hydrogen (secondary N) is 1. The molecule has 1 heterocycles. The number of hydrogen-bond acceptors (Lipinski definition) is 4. The van der Waals surface area contributed by atoms with Crippen LogP contribution in [0.15, 0.2) is 36.0 Å². The highest BCUT2D eigenvalue weighted by atomic mass is 35.5. The molecule has 1 aromatic heterocycles. The standard InChI is InChI=1S/C11H10ClN3OS/c12-7-1-3-8(4-2-7)15-10(11(13)16)9-5-14-6-17-9/h1-6,10,15H,(H2,13,16). The monoisotopic (exact) mass is 267 g/mol. The number of carbonyl (C=O) groups excluding carboxylic acids is 1. The molecule has 1 aromatic carbocycles. The van der Waals surface area contributed by atoms with Gasteiger partial charge in [0.25, 0.3) is 0 Å². The van der Waals surface area contributed by atoms with Crippen molar-refractivity contribution in [1.29, 1.82) is 0 Å². The molecule has 1 amide bonds. The van der Waals surface area contributed by atoms with Crippen molar-refractivity contribution in [1.82, 2.24) is 4.98 Å². The number of benzene rings is 1. The zero-order valence-electron chi connectivity index (χ0n) is 8.76. The molecule has 0 aliphatic heterocycles. The lowest BCUT2D eigenvalue weighted by Crippen LogP contribution is -2.26. The van der Waals surface area contributed by atoms with E-state index in [4.69, 9.17) is 17.3 Å². The summed E-state index contributed by atoms with van der Waals surface area (Å²) in [6, 6.07) is 6.51. The molecular formula is C11H10ClN3OS. The van der Waals surface area contributed by atoms with Gasteiger partial charge in [-0.1, -0.05) is 11.6 Å². The van der Waals surface area contributed by atoms with Crippen molar-refractivity contribution >= 4 is 34.5 Å². The van der Waals surface area contributed by atoms with Crippen molar-refractivity contribution in [3.63, 3.8) is 0 Å². The number of hydrogen-bond donors (Lipinski definition) is 2. The van der Waals surface area contributed by atoms with E-state index >= 15 is 0 Å². The number of thiazole rings is 1. The van der Waals surface area contributed by atoms with E-state index in [-0.39, 0.29) is 0 Å². The molecule has 2 rings (SSSR count). The van der Waals surface area contributed by atoms with E-state index < -0.39 is 11.9 Å². The third kappa shape index (κ3) is 2.95. The summed E-state index contributed by atoms with van der Waals surface area (Å²) < 4.78 is 0. The Morgan fingerprint density at radius 1 is 1.41 bits per heavy atom. The molecule has 6 heteroatoms. The van der Waals surface area contributed by atoms with Crippen LogP contribution in [0.25, 0.3) is 0 Å². The molecule has 0 spiro atoms. The van der Waals surface area contributed by atoms with Crippen molar-refractivity contribution in [2.45, 2.75) is 6.04 Å². The fraction of sp³-hybridized carbons (Fsp3) is 0.0909. The number of nitrogens with two attached hydrogens (primary N) is 1. The molecule has 2 aromatic rings. The molecular weight excluding hydrogens is 258 g/mol. The average Bonchev–Trinajstić information content (AvgIpc) is 2.81. The maximum Gasteiger partial charge on any atom is 0.245 e. The van der Waals surface area contributed by atoms with Crippen LogP contribution in [0.4, 0.5) is 5.69 Å². The number of rotatable bonds is 4. The molecule has 4 nitrogen and oxygen atoms in total. The minimum Gasteiger partial charge on any atom is -0.369 e. The molecule has 0 bridgehead atoms. The Bertz CT molecular complexity index is 498. The molecule has 0 saturated carbocycles. The van der Waals surface area contributed by atoms with E-state index in [9.17, 15) is 4.79 Å². The maximum absolute atomic E-state index is 11.4. The summed E-state index contributed by atoms with van der Waals surface area (Å²) in [5.74, 6) is -0.441. The molecule has 17 heavy (non-hydrogen) atoms. The van der Waals surface area contributed by atoms with E-state index in [0.717, 1.165) is 10.6 Å². The predicted molar refractivity (Wildman–Crippen MR) is 69.1 cm³/mol. The summed E-state index contributed by atoms with van der Waals surface area (Å²) in [5.41, 5.74) is 7.80. The molecule has 1 unspecified atom stereocenters. The second kappa shape index (κ2) is 5.16. The second-order valence-electron chi connectivity index (χ2n) is 3.39. The Morgan fingerprint density at radius 3 is 2.65 bits per heavy atom. The Morgan fingerprint density at radius 2 is 2.12 bits per heavy atom. The lowest BCUT2D eigenvalue weighted by Gasteiger charge is -2.14. The zero-order valence-corrected chi connectivity index (χ0v) is 10.3. The first-order chi connectivity index (χ1) is 8.16. The predicted octanol–water partition coefficient (Wildman–Crippen LogP) is 2.43. The largest absolute Gasteiger partial charge is 0.369 e. The number of aromatic nitrogens is 1. The number of primary amides is 1. The molecule has 0 aliphatic carbocycles. The van der Waals surface area contributed by atoms with Gasteiger partial charge in [-0.3, -0.25) is 9.78 Å². The van der Waals surface area contributed by atoms with Crippen molar-refractivity contribution < 1.29 is 4.79 Å². The lowest BCUT2D eigenvalue weighted by molar-refractivity contribution is -0.118. The van der Waals surface area contributed by atoms with Crippen LogP contribution in [0.5, 0.6) is 0 Å². The molecule has 3 N–H and O–H groups in total. The van der Waals surface area contributed by atoms with Crippen LogP contribution in [0.2, 0.25) is 5.02 Å². The number of amides is 1. The van der Waals surface area contributed by atoms with Crippen LogP contribution >= 0.6 is 22.9 Å². The summed E-state index contributed by atoms with van der Waals surface area (Å²) in [5, 5.41) is 3.69. The van der Waals surface area contributed by atoms with Gasteiger partial charge in [-0.05, 0) is 24.3 Å². The summed E-state index contributed by atoms with van der Waals surface area (Å²) in [4.78, 5) is 16.1. The van der Waals surface area contributed by atoms with E-state index in [2.05, 4.69) is 10.3 Å². The smallest absolute Gasteiger partial charge is 0.245 e. The average molecular weight is 268 g/mol. The minimum atomic E-state index is -0.566. The van der Waals surface area contributed by atoms with Crippen LogP contribution in [0.1, 0.15) is 10.9 Å². The van der Waals surface area contributed by atoms with Gasteiger partial charge in [0.15, 0.2) is 0 Å². The van der Waals surface area contributed by atoms with Crippen molar-refractivity contribution in [3.05, 3.63) is 45.9 Å². The summed E-state index contributed by atoms with van der Waals surface area (Å²) in [7, 11) is 0. The van der Waals surface area contributed by atoms with E-state index in [0.29, 0.717) is 5.02 Å². The zero-order chi connectivity index (χ0) is 12.3. The van der Waals surface area contributed by atoms with Crippen LogP contribution in [-0.2, 0) is 4.79 Å². The Kier molecular flexibility index (Phi) is 3.61. The summed E-state index contributed by atoms with van der Waals surface area (Å²) in [6.07, 6.45) is 1.63. The van der Waals surface area contributed by atoms with Crippen LogP contribution in [0.3, 0.4) is 0 Å².